The zero-order valence-corrected chi connectivity index (χ0v) is 20.7. The number of hydrazone groups is 1. The van der Waals surface area contributed by atoms with E-state index >= 15 is 0 Å². The summed E-state index contributed by atoms with van der Waals surface area (Å²) in [4.78, 5) is 13.4. The zero-order chi connectivity index (χ0) is 25.1. The first-order chi connectivity index (χ1) is 17.5. The molecule has 6 heteroatoms. The van der Waals surface area contributed by atoms with Gasteiger partial charge in [-0.15, -0.1) is 0 Å². The summed E-state index contributed by atoms with van der Waals surface area (Å²) in [6.07, 6.45) is 4.81. The van der Waals surface area contributed by atoms with Crippen molar-refractivity contribution < 1.29 is 9.53 Å². The second-order valence-electron chi connectivity index (χ2n) is 8.73. The van der Waals surface area contributed by atoms with Gasteiger partial charge in [0.2, 0.25) is 0 Å². The fourth-order valence-corrected chi connectivity index (χ4v) is 4.21. The molecule has 0 saturated heterocycles. The van der Waals surface area contributed by atoms with Crippen molar-refractivity contribution in [1.82, 2.24) is 9.78 Å². The summed E-state index contributed by atoms with van der Waals surface area (Å²) in [5.41, 5.74) is 6.58. The molecule has 0 bridgehead atoms. The number of ether oxygens (including phenoxy) is 1. The van der Waals surface area contributed by atoms with Crippen LogP contribution in [0.25, 0.3) is 23.0 Å². The molecule has 4 aromatic rings. The first-order valence-electron chi connectivity index (χ1n) is 12.1. The summed E-state index contributed by atoms with van der Waals surface area (Å²) < 4.78 is 7.67. The Labute approximate surface area is 211 Å². The maximum atomic E-state index is 13.4. The van der Waals surface area contributed by atoms with Crippen molar-refractivity contribution in [3.63, 3.8) is 0 Å². The lowest BCUT2D eigenvalue weighted by atomic mass is 10.0. The second kappa shape index (κ2) is 10.0. The lowest BCUT2D eigenvalue weighted by Crippen LogP contribution is -2.21. The molecule has 1 aliphatic heterocycles. The van der Waals surface area contributed by atoms with E-state index in [1.807, 2.05) is 103 Å². The Balaban J connectivity index is 1.58. The first-order valence-corrected chi connectivity index (χ1v) is 12.1. The second-order valence-corrected chi connectivity index (χ2v) is 8.73. The van der Waals surface area contributed by atoms with E-state index in [0.717, 1.165) is 45.9 Å². The van der Waals surface area contributed by atoms with Crippen LogP contribution in [-0.4, -0.2) is 28.0 Å². The van der Waals surface area contributed by atoms with Gasteiger partial charge in [0.25, 0.3) is 5.91 Å². The molecule has 0 atom stereocenters. The lowest BCUT2D eigenvalue weighted by Gasteiger charge is -2.11. The number of anilines is 1. The molecule has 1 amide bonds. The summed E-state index contributed by atoms with van der Waals surface area (Å²) in [6.45, 7) is 6.68. The standard InChI is InChI=1S/C30H28N4O2/c1-4-17-36-26-15-16-27(21(2)18-26)29-23(20-33(32-29)24-11-7-5-8-12-24)19-28-22(3)31-34(30(28)35)25-13-9-6-10-14-25/h5-16,18-20H,4,17H2,1-3H3/b28-19+. The fourth-order valence-electron chi connectivity index (χ4n) is 4.21. The van der Waals surface area contributed by atoms with E-state index in [2.05, 4.69) is 18.9 Å². The third kappa shape index (κ3) is 4.58. The van der Waals surface area contributed by atoms with Gasteiger partial charge >= 0.3 is 0 Å². The Kier molecular flexibility index (Phi) is 6.50. The molecule has 0 N–H and O–H groups in total. The summed E-state index contributed by atoms with van der Waals surface area (Å²) in [7, 11) is 0. The van der Waals surface area contributed by atoms with Crippen molar-refractivity contribution in [3.8, 4) is 22.7 Å². The number of carbonyl (C=O) groups is 1. The average Bonchev–Trinajstić information content (AvgIpc) is 3.45. The van der Waals surface area contributed by atoms with Crippen LogP contribution in [0.5, 0.6) is 5.75 Å². The normalized spacial score (nSPS) is 14.4. The van der Waals surface area contributed by atoms with Crippen molar-refractivity contribution in [2.24, 2.45) is 5.10 Å². The van der Waals surface area contributed by atoms with Crippen molar-refractivity contribution in [1.29, 1.82) is 0 Å². The molecule has 5 rings (SSSR count). The van der Waals surface area contributed by atoms with Crippen LogP contribution >= 0.6 is 0 Å². The molecular formula is C30H28N4O2. The fraction of sp³-hybridized carbons (Fsp3) is 0.167. The number of amides is 1. The van der Waals surface area contributed by atoms with E-state index in [1.165, 1.54) is 5.01 Å². The Bertz CT molecular complexity index is 1450. The van der Waals surface area contributed by atoms with Crippen LogP contribution in [0, 0.1) is 6.92 Å². The van der Waals surface area contributed by atoms with Crippen LogP contribution in [0.4, 0.5) is 5.69 Å². The van der Waals surface area contributed by atoms with Crippen molar-refractivity contribution in [2.75, 3.05) is 11.6 Å². The van der Waals surface area contributed by atoms with Gasteiger partial charge in [-0.1, -0.05) is 43.3 Å². The smallest absolute Gasteiger partial charge is 0.280 e. The van der Waals surface area contributed by atoms with Crippen LogP contribution in [0.15, 0.2) is 95.7 Å². The SMILES string of the molecule is CCCOc1ccc(-c2nn(-c3ccccc3)cc2/C=C2/C(=O)N(c3ccccc3)N=C2C)c(C)c1. The van der Waals surface area contributed by atoms with Crippen LogP contribution in [0.2, 0.25) is 0 Å². The van der Waals surface area contributed by atoms with Crippen LogP contribution in [0.3, 0.4) is 0 Å². The highest BCUT2D eigenvalue weighted by Gasteiger charge is 2.29. The molecule has 1 aliphatic rings. The van der Waals surface area contributed by atoms with Crippen LogP contribution < -0.4 is 9.75 Å². The highest BCUT2D eigenvalue weighted by atomic mass is 16.5. The molecule has 36 heavy (non-hydrogen) atoms. The molecule has 0 unspecified atom stereocenters. The van der Waals surface area contributed by atoms with E-state index in [-0.39, 0.29) is 5.91 Å². The molecule has 0 spiro atoms. The predicted molar refractivity (Wildman–Crippen MR) is 145 cm³/mol. The van der Waals surface area contributed by atoms with Gasteiger partial charge in [-0.2, -0.15) is 15.2 Å². The molecule has 0 saturated carbocycles. The largest absolute Gasteiger partial charge is 0.494 e. The van der Waals surface area contributed by atoms with Gasteiger partial charge in [0, 0.05) is 17.3 Å². The quantitative estimate of drug-likeness (QED) is 0.288. The number of benzene rings is 3. The Hall–Kier alpha value is -4.45. The van der Waals surface area contributed by atoms with Crippen molar-refractivity contribution in [3.05, 3.63) is 102 Å². The van der Waals surface area contributed by atoms with E-state index < -0.39 is 0 Å². The van der Waals surface area contributed by atoms with Crippen molar-refractivity contribution >= 4 is 23.4 Å². The van der Waals surface area contributed by atoms with Gasteiger partial charge in [-0.3, -0.25) is 4.79 Å². The molecular weight excluding hydrogens is 448 g/mol. The molecule has 0 aliphatic carbocycles. The minimum atomic E-state index is -0.155. The zero-order valence-electron chi connectivity index (χ0n) is 20.7. The summed E-state index contributed by atoms with van der Waals surface area (Å²) in [5.74, 6) is 0.685. The van der Waals surface area contributed by atoms with Gasteiger partial charge < -0.3 is 4.74 Å². The highest BCUT2D eigenvalue weighted by molar-refractivity contribution is 6.32. The van der Waals surface area contributed by atoms with Crippen LogP contribution in [0.1, 0.15) is 31.4 Å². The number of nitrogens with zero attached hydrogens (tertiary/aromatic N) is 4. The Morgan fingerprint density at radius 3 is 2.28 bits per heavy atom. The maximum absolute atomic E-state index is 13.4. The average molecular weight is 477 g/mol. The topological polar surface area (TPSA) is 59.7 Å². The Morgan fingerprint density at radius 1 is 0.917 bits per heavy atom. The molecule has 180 valence electrons. The third-order valence-electron chi connectivity index (χ3n) is 6.05. The van der Waals surface area contributed by atoms with Gasteiger partial charge in [0.15, 0.2) is 0 Å². The summed E-state index contributed by atoms with van der Waals surface area (Å²) in [5, 5.41) is 10.9. The van der Waals surface area contributed by atoms with E-state index in [1.54, 1.807) is 0 Å². The van der Waals surface area contributed by atoms with E-state index in [9.17, 15) is 4.79 Å². The monoisotopic (exact) mass is 476 g/mol. The summed E-state index contributed by atoms with van der Waals surface area (Å²) >= 11 is 0. The van der Waals surface area contributed by atoms with E-state index in [0.29, 0.717) is 17.9 Å². The van der Waals surface area contributed by atoms with Gasteiger partial charge in [-0.25, -0.2) is 4.68 Å². The van der Waals surface area contributed by atoms with Gasteiger partial charge in [0.1, 0.15) is 11.4 Å². The van der Waals surface area contributed by atoms with Gasteiger partial charge in [-0.05, 0) is 74.4 Å². The maximum Gasteiger partial charge on any atom is 0.280 e. The highest BCUT2D eigenvalue weighted by Crippen LogP contribution is 2.32. The Morgan fingerprint density at radius 2 is 1.61 bits per heavy atom. The molecule has 2 heterocycles. The number of hydrogen-bond donors (Lipinski definition) is 0. The predicted octanol–water partition coefficient (Wildman–Crippen LogP) is 6.44. The van der Waals surface area contributed by atoms with Crippen molar-refractivity contribution in [2.45, 2.75) is 27.2 Å². The molecule has 1 aromatic heterocycles. The number of para-hydroxylation sites is 2. The third-order valence-corrected chi connectivity index (χ3v) is 6.05. The minimum absolute atomic E-state index is 0.155. The molecule has 0 fully saturated rings. The summed E-state index contributed by atoms with van der Waals surface area (Å²) in [6, 6.07) is 25.5. The minimum Gasteiger partial charge on any atom is -0.494 e. The van der Waals surface area contributed by atoms with Crippen LogP contribution in [-0.2, 0) is 4.79 Å². The number of carbonyl (C=O) groups excluding carboxylic acids is 1. The molecule has 0 radical (unpaired) electrons. The first kappa shape index (κ1) is 23.3. The molecule has 3 aromatic carbocycles. The lowest BCUT2D eigenvalue weighted by molar-refractivity contribution is -0.114. The number of aromatic nitrogens is 2. The van der Waals surface area contributed by atoms with E-state index in [4.69, 9.17) is 9.84 Å². The number of aryl methyl sites for hydroxylation is 1. The number of rotatable bonds is 7. The molecule has 6 nitrogen and oxygen atoms in total. The number of hydrogen-bond acceptors (Lipinski definition) is 4. The van der Waals surface area contributed by atoms with Gasteiger partial charge in [0.05, 0.1) is 29.3 Å².